The van der Waals surface area contributed by atoms with Crippen molar-refractivity contribution in [3.8, 4) is 0 Å². The summed E-state index contributed by atoms with van der Waals surface area (Å²) in [5.74, 6) is -3.57. The smallest absolute Gasteiger partial charge is 0.323 e. The van der Waals surface area contributed by atoms with Crippen molar-refractivity contribution in [2.24, 2.45) is 11.7 Å². The van der Waals surface area contributed by atoms with Crippen LogP contribution in [-0.2, 0) is 0 Å². The number of rotatable bonds is 2. The Morgan fingerprint density at radius 2 is 1.21 bits per heavy atom. The SMILES string of the molecule is Cc1cc(C)cc(C(N)C(C(F)(F)F)C(F)(F)F)c1. The maximum Gasteiger partial charge on any atom is 0.402 e. The van der Waals surface area contributed by atoms with Gasteiger partial charge in [0.15, 0.2) is 5.92 Å². The number of halogens is 6. The van der Waals surface area contributed by atoms with Gasteiger partial charge < -0.3 is 5.73 Å². The van der Waals surface area contributed by atoms with Crippen molar-refractivity contribution in [1.29, 1.82) is 0 Å². The van der Waals surface area contributed by atoms with Crippen molar-refractivity contribution in [1.82, 2.24) is 0 Å². The highest BCUT2D eigenvalue weighted by Gasteiger charge is 2.59. The maximum atomic E-state index is 12.6. The summed E-state index contributed by atoms with van der Waals surface area (Å²) in [5, 5.41) is 0. The largest absolute Gasteiger partial charge is 0.402 e. The van der Waals surface area contributed by atoms with E-state index >= 15 is 0 Å². The first-order chi connectivity index (χ1) is 8.43. The van der Waals surface area contributed by atoms with Gasteiger partial charge >= 0.3 is 12.4 Å². The van der Waals surface area contributed by atoms with Crippen LogP contribution in [0.2, 0.25) is 0 Å². The van der Waals surface area contributed by atoms with E-state index in [2.05, 4.69) is 0 Å². The first-order valence-electron chi connectivity index (χ1n) is 5.40. The zero-order valence-electron chi connectivity index (χ0n) is 10.2. The van der Waals surface area contributed by atoms with Crippen molar-refractivity contribution in [3.63, 3.8) is 0 Å². The first-order valence-corrected chi connectivity index (χ1v) is 5.40. The van der Waals surface area contributed by atoms with Gasteiger partial charge in [-0.25, -0.2) is 0 Å². The van der Waals surface area contributed by atoms with Gasteiger partial charge in [0.25, 0.3) is 0 Å². The van der Waals surface area contributed by atoms with Crippen LogP contribution in [0.1, 0.15) is 22.7 Å². The third-order valence-electron chi connectivity index (χ3n) is 2.69. The topological polar surface area (TPSA) is 26.0 Å². The Bertz CT molecular complexity index is 414. The number of hydrogen-bond acceptors (Lipinski definition) is 1. The normalized spacial score (nSPS) is 14.8. The molecule has 1 nitrogen and oxygen atoms in total. The molecule has 0 aromatic heterocycles. The fourth-order valence-electron chi connectivity index (χ4n) is 1.99. The molecule has 0 amide bonds. The minimum Gasteiger partial charge on any atom is -0.323 e. The second kappa shape index (κ2) is 5.03. The van der Waals surface area contributed by atoms with Crippen LogP contribution in [0.4, 0.5) is 26.3 Å². The van der Waals surface area contributed by atoms with Gasteiger partial charge in [-0.05, 0) is 19.4 Å². The average Bonchev–Trinajstić information content (AvgIpc) is 2.10. The summed E-state index contributed by atoms with van der Waals surface area (Å²) >= 11 is 0. The lowest BCUT2D eigenvalue weighted by molar-refractivity contribution is -0.290. The highest BCUT2D eigenvalue weighted by molar-refractivity contribution is 5.31. The quantitative estimate of drug-likeness (QED) is 0.815. The van der Waals surface area contributed by atoms with E-state index in [1.54, 1.807) is 19.9 Å². The molecule has 0 bridgehead atoms. The predicted molar refractivity (Wildman–Crippen MR) is 58.4 cm³/mol. The molecule has 19 heavy (non-hydrogen) atoms. The molecule has 2 N–H and O–H groups in total. The van der Waals surface area contributed by atoms with E-state index in [0.29, 0.717) is 11.1 Å². The molecule has 1 aromatic carbocycles. The Hall–Kier alpha value is -1.24. The summed E-state index contributed by atoms with van der Waals surface area (Å²) in [6, 6.07) is 1.95. The van der Waals surface area contributed by atoms with Gasteiger partial charge in [0.05, 0.1) is 6.04 Å². The molecule has 1 aromatic rings. The van der Waals surface area contributed by atoms with E-state index in [1.807, 2.05) is 0 Å². The molecule has 1 rings (SSSR count). The van der Waals surface area contributed by atoms with Gasteiger partial charge in [0.1, 0.15) is 0 Å². The van der Waals surface area contributed by atoms with Crippen molar-refractivity contribution < 1.29 is 26.3 Å². The van der Waals surface area contributed by atoms with Crippen LogP contribution in [0.15, 0.2) is 18.2 Å². The van der Waals surface area contributed by atoms with Gasteiger partial charge in [-0.15, -0.1) is 0 Å². The van der Waals surface area contributed by atoms with Crippen LogP contribution in [0.25, 0.3) is 0 Å². The summed E-state index contributed by atoms with van der Waals surface area (Å²) in [6.07, 6.45) is -10.9. The number of nitrogens with two attached hydrogens (primary N) is 1. The molecule has 0 aliphatic rings. The van der Waals surface area contributed by atoms with E-state index in [0.717, 1.165) is 0 Å². The average molecular weight is 285 g/mol. The van der Waals surface area contributed by atoms with Crippen LogP contribution in [0.3, 0.4) is 0 Å². The molecule has 0 radical (unpaired) electrons. The Balaban J connectivity index is 3.24. The summed E-state index contributed by atoms with van der Waals surface area (Å²) in [4.78, 5) is 0. The lowest BCUT2D eigenvalue weighted by atomic mass is 9.90. The molecule has 0 fully saturated rings. The van der Waals surface area contributed by atoms with Crippen LogP contribution in [0, 0.1) is 19.8 Å². The van der Waals surface area contributed by atoms with E-state index in [1.165, 1.54) is 12.1 Å². The maximum absolute atomic E-state index is 12.6. The molecule has 0 saturated heterocycles. The lowest BCUT2D eigenvalue weighted by Gasteiger charge is -2.28. The summed E-state index contributed by atoms with van der Waals surface area (Å²) < 4.78 is 75.3. The molecule has 7 heteroatoms. The van der Waals surface area contributed by atoms with Gasteiger partial charge in [-0.3, -0.25) is 0 Å². The van der Waals surface area contributed by atoms with Crippen LogP contribution < -0.4 is 5.73 Å². The van der Waals surface area contributed by atoms with Crippen molar-refractivity contribution in [2.75, 3.05) is 0 Å². The minimum absolute atomic E-state index is 0.169. The molecular formula is C12H13F6N. The van der Waals surface area contributed by atoms with Gasteiger partial charge in [-0.2, -0.15) is 26.3 Å². The lowest BCUT2D eigenvalue weighted by Crippen LogP contribution is -2.44. The van der Waals surface area contributed by atoms with Crippen LogP contribution in [-0.4, -0.2) is 12.4 Å². The van der Waals surface area contributed by atoms with Crippen LogP contribution >= 0.6 is 0 Å². The highest BCUT2D eigenvalue weighted by Crippen LogP contribution is 2.45. The number of benzene rings is 1. The molecular weight excluding hydrogens is 272 g/mol. The van der Waals surface area contributed by atoms with Crippen LogP contribution in [0.5, 0.6) is 0 Å². The number of hydrogen-bond donors (Lipinski definition) is 1. The highest BCUT2D eigenvalue weighted by atomic mass is 19.4. The van der Waals surface area contributed by atoms with E-state index in [9.17, 15) is 26.3 Å². The molecule has 0 spiro atoms. The third kappa shape index (κ3) is 3.86. The van der Waals surface area contributed by atoms with E-state index in [4.69, 9.17) is 5.73 Å². The molecule has 108 valence electrons. The Labute approximate surface area is 106 Å². The second-order valence-electron chi connectivity index (χ2n) is 4.51. The van der Waals surface area contributed by atoms with Gasteiger partial charge in [0, 0.05) is 0 Å². The summed E-state index contributed by atoms with van der Waals surface area (Å²) in [5.41, 5.74) is 6.17. The standard InChI is InChI=1S/C12H13F6N/c1-6-3-7(2)5-8(4-6)9(19)10(11(13,14)15)12(16,17)18/h3-5,9-10H,19H2,1-2H3. The fourth-order valence-corrected chi connectivity index (χ4v) is 1.99. The number of aryl methyl sites for hydroxylation is 2. The number of alkyl halides is 6. The third-order valence-corrected chi connectivity index (χ3v) is 2.69. The second-order valence-corrected chi connectivity index (χ2v) is 4.51. The Morgan fingerprint density at radius 3 is 1.53 bits per heavy atom. The van der Waals surface area contributed by atoms with E-state index < -0.39 is 24.3 Å². The van der Waals surface area contributed by atoms with E-state index in [-0.39, 0.29) is 5.56 Å². The zero-order valence-corrected chi connectivity index (χ0v) is 10.2. The summed E-state index contributed by atoms with van der Waals surface area (Å²) in [7, 11) is 0. The molecule has 0 saturated carbocycles. The molecule has 0 aliphatic heterocycles. The summed E-state index contributed by atoms with van der Waals surface area (Å²) in [6.45, 7) is 3.17. The first kappa shape index (κ1) is 15.8. The Morgan fingerprint density at radius 1 is 0.842 bits per heavy atom. The van der Waals surface area contributed by atoms with Gasteiger partial charge in [-0.1, -0.05) is 29.3 Å². The molecule has 1 unspecified atom stereocenters. The predicted octanol–water partition coefficient (Wildman–Crippen LogP) is 4.04. The van der Waals surface area contributed by atoms with Crippen molar-refractivity contribution in [3.05, 3.63) is 34.9 Å². The monoisotopic (exact) mass is 285 g/mol. The Kier molecular flexibility index (Phi) is 4.19. The fraction of sp³-hybridized carbons (Fsp3) is 0.500. The van der Waals surface area contributed by atoms with Crippen molar-refractivity contribution >= 4 is 0 Å². The van der Waals surface area contributed by atoms with Crippen molar-refractivity contribution in [2.45, 2.75) is 32.2 Å². The van der Waals surface area contributed by atoms with Gasteiger partial charge in [0.2, 0.25) is 0 Å². The minimum atomic E-state index is -5.44. The zero-order chi connectivity index (χ0) is 15.0. The molecule has 0 heterocycles. The molecule has 1 atom stereocenters. The molecule has 0 aliphatic carbocycles.